The highest BCUT2D eigenvalue weighted by Crippen LogP contribution is 2.21. The lowest BCUT2D eigenvalue weighted by Crippen LogP contribution is -2.48. The third kappa shape index (κ3) is 4.52. The Morgan fingerprint density at radius 3 is 2.31 bits per heavy atom. The highest BCUT2D eigenvalue weighted by molar-refractivity contribution is 5.95. The lowest BCUT2D eigenvalue weighted by atomic mass is 10.1. The second-order valence-electron chi connectivity index (χ2n) is 7.15. The largest absolute Gasteiger partial charge is 0.369 e. The number of rotatable bonds is 5. The van der Waals surface area contributed by atoms with Crippen LogP contribution in [0, 0.1) is 10.1 Å². The van der Waals surface area contributed by atoms with Gasteiger partial charge in [0.15, 0.2) is 0 Å². The Morgan fingerprint density at radius 2 is 1.62 bits per heavy atom. The maximum atomic E-state index is 12.4. The molecule has 0 saturated carbocycles. The molecule has 1 heterocycles. The van der Waals surface area contributed by atoms with Crippen LogP contribution >= 0.6 is 0 Å². The van der Waals surface area contributed by atoms with E-state index in [1.807, 2.05) is 42.5 Å². The number of fused-ring (bicyclic) bond motifs is 1. The first-order valence-electron chi connectivity index (χ1n) is 9.59. The zero-order valence-corrected chi connectivity index (χ0v) is 16.0. The highest BCUT2D eigenvalue weighted by Gasteiger charge is 2.20. The summed E-state index contributed by atoms with van der Waals surface area (Å²) < 4.78 is 0. The molecule has 0 spiro atoms. The number of amides is 1. The number of carbonyl (C=O) groups is 1. The highest BCUT2D eigenvalue weighted by atomic mass is 16.6. The Morgan fingerprint density at radius 1 is 0.931 bits per heavy atom. The van der Waals surface area contributed by atoms with Gasteiger partial charge in [-0.25, -0.2) is 0 Å². The molecule has 0 aliphatic carbocycles. The summed E-state index contributed by atoms with van der Waals surface area (Å²) in [5.41, 5.74) is 1.87. The molecule has 0 unspecified atom stereocenters. The first-order chi connectivity index (χ1) is 14.1. The molecule has 1 saturated heterocycles. The number of non-ortho nitro benzene ring substituents is 1. The van der Waals surface area contributed by atoms with Gasteiger partial charge in [-0.15, -0.1) is 0 Å². The van der Waals surface area contributed by atoms with Gasteiger partial charge in [-0.1, -0.05) is 30.3 Å². The Hall–Kier alpha value is -3.45. The van der Waals surface area contributed by atoms with Crippen LogP contribution in [0.3, 0.4) is 0 Å². The van der Waals surface area contributed by atoms with Crippen LogP contribution in [0.2, 0.25) is 0 Å². The summed E-state index contributed by atoms with van der Waals surface area (Å²) in [6, 6.07) is 20.6. The molecule has 0 radical (unpaired) electrons. The van der Waals surface area contributed by atoms with E-state index in [2.05, 4.69) is 15.1 Å². The zero-order valence-electron chi connectivity index (χ0n) is 16.0. The molecule has 7 nitrogen and oxygen atoms in total. The summed E-state index contributed by atoms with van der Waals surface area (Å²) in [6.07, 6.45) is 0. The van der Waals surface area contributed by atoms with E-state index in [1.165, 1.54) is 12.1 Å². The number of nitrogens with one attached hydrogen (secondary N) is 1. The molecule has 1 aliphatic heterocycles. The lowest BCUT2D eigenvalue weighted by Gasteiger charge is -2.35. The Balaban J connectivity index is 1.29. The number of nitro groups is 1. The average Bonchev–Trinajstić information content (AvgIpc) is 2.74. The molecule has 0 atom stereocenters. The number of hydrogen-bond donors (Lipinski definition) is 1. The number of piperazine rings is 1. The van der Waals surface area contributed by atoms with Gasteiger partial charge in [-0.2, -0.15) is 0 Å². The molecule has 29 heavy (non-hydrogen) atoms. The van der Waals surface area contributed by atoms with Crippen molar-refractivity contribution in [2.24, 2.45) is 0 Å². The fourth-order valence-corrected chi connectivity index (χ4v) is 3.62. The number of nitro benzene ring substituents is 1. The van der Waals surface area contributed by atoms with E-state index in [-0.39, 0.29) is 11.6 Å². The molecule has 1 N–H and O–H groups in total. The molecule has 1 amide bonds. The lowest BCUT2D eigenvalue weighted by molar-refractivity contribution is -0.384. The maximum Gasteiger partial charge on any atom is 0.269 e. The van der Waals surface area contributed by atoms with Crippen molar-refractivity contribution in [3.8, 4) is 0 Å². The van der Waals surface area contributed by atoms with Crippen molar-refractivity contribution in [3.63, 3.8) is 0 Å². The predicted octanol–water partition coefficient (Wildman–Crippen LogP) is 3.51. The van der Waals surface area contributed by atoms with Gasteiger partial charge in [0.25, 0.3) is 5.69 Å². The topological polar surface area (TPSA) is 78.7 Å². The van der Waals surface area contributed by atoms with E-state index < -0.39 is 4.92 Å². The van der Waals surface area contributed by atoms with Gasteiger partial charge in [-0.3, -0.25) is 19.8 Å². The number of benzene rings is 3. The van der Waals surface area contributed by atoms with Crippen LogP contribution in [0.25, 0.3) is 10.8 Å². The Kier molecular flexibility index (Phi) is 5.39. The van der Waals surface area contributed by atoms with Crippen molar-refractivity contribution in [1.29, 1.82) is 0 Å². The van der Waals surface area contributed by atoms with Gasteiger partial charge in [0, 0.05) is 49.7 Å². The Labute approximate surface area is 168 Å². The van der Waals surface area contributed by atoms with E-state index in [9.17, 15) is 14.9 Å². The first kappa shape index (κ1) is 18.9. The summed E-state index contributed by atoms with van der Waals surface area (Å²) in [7, 11) is 0. The normalized spacial score (nSPS) is 14.7. The molecular formula is C22H22N4O3. The Bertz CT molecular complexity index is 1030. The van der Waals surface area contributed by atoms with Crippen LogP contribution in [0.5, 0.6) is 0 Å². The molecule has 4 rings (SSSR count). The van der Waals surface area contributed by atoms with Crippen molar-refractivity contribution < 1.29 is 9.72 Å². The van der Waals surface area contributed by atoms with E-state index >= 15 is 0 Å². The number of hydrogen-bond acceptors (Lipinski definition) is 5. The van der Waals surface area contributed by atoms with Crippen molar-refractivity contribution >= 4 is 33.7 Å². The zero-order chi connectivity index (χ0) is 20.2. The molecular weight excluding hydrogens is 368 g/mol. The molecule has 3 aromatic rings. The molecule has 1 fully saturated rings. The van der Waals surface area contributed by atoms with Crippen LogP contribution in [0.4, 0.5) is 17.1 Å². The SMILES string of the molecule is O=C(CN1CCN(c2ccc([N+](=O)[O-])cc2)CC1)Nc1ccc2ccccc2c1. The van der Waals surface area contributed by atoms with Gasteiger partial charge in [-0.05, 0) is 35.0 Å². The quantitative estimate of drug-likeness (QED) is 0.533. The fourth-order valence-electron chi connectivity index (χ4n) is 3.62. The van der Waals surface area contributed by atoms with E-state index in [0.29, 0.717) is 6.54 Å². The smallest absolute Gasteiger partial charge is 0.269 e. The molecule has 148 valence electrons. The summed E-state index contributed by atoms with van der Waals surface area (Å²) >= 11 is 0. The van der Waals surface area contributed by atoms with E-state index in [4.69, 9.17) is 0 Å². The van der Waals surface area contributed by atoms with Crippen molar-refractivity contribution in [3.05, 3.63) is 76.8 Å². The minimum absolute atomic E-state index is 0.0240. The summed E-state index contributed by atoms with van der Waals surface area (Å²) in [4.78, 5) is 27.1. The summed E-state index contributed by atoms with van der Waals surface area (Å²) in [5.74, 6) is -0.0240. The summed E-state index contributed by atoms with van der Waals surface area (Å²) in [5, 5.41) is 16.0. The van der Waals surface area contributed by atoms with Crippen molar-refractivity contribution in [1.82, 2.24) is 4.90 Å². The third-order valence-electron chi connectivity index (χ3n) is 5.20. The van der Waals surface area contributed by atoms with Gasteiger partial charge in [0.2, 0.25) is 5.91 Å². The van der Waals surface area contributed by atoms with E-state index in [0.717, 1.165) is 48.3 Å². The van der Waals surface area contributed by atoms with E-state index in [1.54, 1.807) is 12.1 Å². The first-order valence-corrected chi connectivity index (χ1v) is 9.59. The molecule has 0 bridgehead atoms. The number of anilines is 2. The van der Waals surface area contributed by atoms with Crippen molar-refractivity contribution in [2.75, 3.05) is 42.9 Å². The molecule has 0 aromatic heterocycles. The fraction of sp³-hybridized carbons (Fsp3) is 0.227. The van der Waals surface area contributed by atoms with Gasteiger partial charge >= 0.3 is 0 Å². The monoisotopic (exact) mass is 390 g/mol. The number of nitrogens with zero attached hydrogens (tertiary/aromatic N) is 3. The van der Waals surface area contributed by atoms with Crippen LogP contribution < -0.4 is 10.2 Å². The van der Waals surface area contributed by atoms with Crippen LogP contribution in [-0.2, 0) is 4.79 Å². The standard InChI is InChI=1S/C22H22N4O3/c27-22(23-19-6-5-17-3-1-2-4-18(17)15-19)16-24-11-13-25(14-12-24)20-7-9-21(10-8-20)26(28)29/h1-10,15H,11-14,16H2,(H,23,27). The van der Waals surface area contributed by atoms with Gasteiger partial charge < -0.3 is 10.2 Å². The maximum absolute atomic E-state index is 12.4. The molecule has 3 aromatic carbocycles. The number of carbonyl (C=O) groups excluding carboxylic acids is 1. The third-order valence-corrected chi connectivity index (χ3v) is 5.20. The average molecular weight is 390 g/mol. The second-order valence-corrected chi connectivity index (χ2v) is 7.15. The summed E-state index contributed by atoms with van der Waals surface area (Å²) in [6.45, 7) is 3.44. The molecule has 7 heteroatoms. The van der Waals surface area contributed by atoms with Crippen LogP contribution in [-0.4, -0.2) is 48.5 Å². The minimum Gasteiger partial charge on any atom is -0.369 e. The van der Waals surface area contributed by atoms with Crippen molar-refractivity contribution in [2.45, 2.75) is 0 Å². The van der Waals surface area contributed by atoms with Gasteiger partial charge in [0.1, 0.15) is 0 Å². The predicted molar refractivity (Wildman–Crippen MR) is 114 cm³/mol. The van der Waals surface area contributed by atoms with Gasteiger partial charge in [0.05, 0.1) is 11.5 Å². The second kappa shape index (κ2) is 8.28. The molecule has 1 aliphatic rings. The van der Waals surface area contributed by atoms with Crippen LogP contribution in [0.1, 0.15) is 0 Å². The van der Waals surface area contributed by atoms with Crippen LogP contribution in [0.15, 0.2) is 66.7 Å². The minimum atomic E-state index is -0.393.